The molecule has 3 aromatic carbocycles. The third-order valence-electron chi connectivity index (χ3n) is 4.92. The van der Waals surface area contributed by atoms with Gasteiger partial charge in [-0.2, -0.15) is 0 Å². The molecule has 0 unspecified atom stereocenters. The number of halogens is 3. The summed E-state index contributed by atoms with van der Waals surface area (Å²) in [5, 5.41) is 0.327. The molecule has 0 fully saturated rings. The Bertz CT molecular complexity index is 1270. The van der Waals surface area contributed by atoms with Crippen molar-refractivity contribution in [2.75, 3.05) is 32.1 Å². The van der Waals surface area contributed by atoms with E-state index in [1.807, 2.05) is 49.3 Å². The number of carbonyl (C=O) groups excluding carboxylic acids is 1. The summed E-state index contributed by atoms with van der Waals surface area (Å²) < 4.78 is 34.1. The van der Waals surface area contributed by atoms with Crippen LogP contribution in [0.15, 0.2) is 66.7 Å². The van der Waals surface area contributed by atoms with E-state index in [-0.39, 0.29) is 23.8 Å². The molecule has 0 aliphatic heterocycles. The number of benzene rings is 3. The minimum atomic E-state index is -0.744. The molecule has 34 heavy (non-hydrogen) atoms. The number of hydrogen-bond donors (Lipinski definition) is 0. The summed E-state index contributed by atoms with van der Waals surface area (Å²) in [6.07, 6.45) is 0.686. The topological polar surface area (TPSA) is 45.7 Å². The molecule has 0 aliphatic rings. The van der Waals surface area contributed by atoms with Gasteiger partial charge in [0, 0.05) is 18.2 Å². The van der Waals surface area contributed by atoms with Crippen LogP contribution in [0.1, 0.15) is 16.8 Å². The van der Waals surface area contributed by atoms with Crippen LogP contribution in [-0.4, -0.2) is 43.0 Å². The maximum absolute atomic E-state index is 14.2. The van der Waals surface area contributed by atoms with Crippen molar-refractivity contribution in [2.24, 2.45) is 0 Å². The van der Waals surface area contributed by atoms with Crippen LogP contribution >= 0.6 is 23.7 Å². The number of rotatable bonds is 8. The third kappa shape index (κ3) is 6.08. The van der Waals surface area contributed by atoms with Crippen molar-refractivity contribution in [3.63, 3.8) is 0 Å². The maximum atomic E-state index is 14.2. The highest BCUT2D eigenvalue weighted by Gasteiger charge is 2.23. The van der Waals surface area contributed by atoms with Gasteiger partial charge in [-0.3, -0.25) is 9.69 Å². The van der Waals surface area contributed by atoms with E-state index in [0.29, 0.717) is 39.9 Å². The fourth-order valence-corrected chi connectivity index (χ4v) is 4.39. The van der Waals surface area contributed by atoms with E-state index >= 15 is 0 Å². The van der Waals surface area contributed by atoms with Crippen molar-refractivity contribution >= 4 is 45.0 Å². The Labute approximate surface area is 207 Å². The van der Waals surface area contributed by atoms with Crippen molar-refractivity contribution < 1.29 is 18.3 Å². The lowest BCUT2D eigenvalue weighted by Gasteiger charge is -2.21. The van der Waals surface area contributed by atoms with Crippen LogP contribution in [0.3, 0.4) is 0 Å². The van der Waals surface area contributed by atoms with Gasteiger partial charge in [0.2, 0.25) is 0 Å². The summed E-state index contributed by atoms with van der Waals surface area (Å²) in [5.74, 6) is -0.517. The number of aromatic nitrogens is 1. The first-order valence-corrected chi connectivity index (χ1v) is 11.3. The Balaban J connectivity index is 0.00000324. The minimum absolute atomic E-state index is 0. The lowest BCUT2D eigenvalue weighted by Crippen LogP contribution is -2.33. The summed E-state index contributed by atoms with van der Waals surface area (Å²) in [6, 6.07) is 18.2. The van der Waals surface area contributed by atoms with Crippen molar-refractivity contribution in [1.29, 1.82) is 0 Å². The van der Waals surface area contributed by atoms with Gasteiger partial charge in [0.15, 0.2) is 10.9 Å². The number of fused-ring (bicyclic) bond motifs is 1. The molecule has 1 aromatic heterocycles. The molecule has 0 spiro atoms. The monoisotopic (exact) mass is 503 g/mol. The molecular formula is C25H24ClF2N3O2S. The molecule has 1 heterocycles. The zero-order valence-electron chi connectivity index (χ0n) is 18.7. The number of para-hydroxylation sites is 1. The number of nitrogens with zero attached hydrogens (tertiary/aromatic N) is 3. The van der Waals surface area contributed by atoms with Gasteiger partial charge in [0.1, 0.15) is 22.8 Å². The quantitative estimate of drug-likeness (QED) is 0.279. The lowest BCUT2D eigenvalue weighted by molar-refractivity contribution is 0.0985. The Morgan fingerprint density at radius 3 is 2.44 bits per heavy atom. The predicted molar refractivity (Wildman–Crippen MR) is 135 cm³/mol. The van der Waals surface area contributed by atoms with Gasteiger partial charge in [-0.05, 0) is 63.5 Å². The van der Waals surface area contributed by atoms with Crippen LogP contribution in [0, 0.1) is 11.6 Å². The number of amides is 1. The second-order valence-electron chi connectivity index (χ2n) is 7.79. The zero-order valence-corrected chi connectivity index (χ0v) is 20.3. The number of ether oxygens (including phenoxy) is 1. The third-order valence-corrected chi connectivity index (χ3v) is 5.95. The summed E-state index contributed by atoms with van der Waals surface area (Å²) in [6.45, 7) is 1.14. The van der Waals surface area contributed by atoms with Crippen LogP contribution in [0.25, 0.3) is 10.2 Å². The highest BCUT2D eigenvalue weighted by Crippen LogP contribution is 2.32. The number of carbonyl (C=O) groups is 1. The molecule has 0 saturated carbocycles. The molecule has 9 heteroatoms. The average molecular weight is 504 g/mol. The van der Waals surface area contributed by atoms with Gasteiger partial charge in [-0.25, -0.2) is 13.8 Å². The minimum Gasteiger partial charge on any atom is -0.457 e. The largest absolute Gasteiger partial charge is 0.457 e. The standard InChI is InChI=1S/C25H23F2N3O2S.ClH/c1-29(2)12-7-13-30(25-28-23-21(27)15-18(26)16-22(23)33-25)24(31)17-8-6-11-20(14-17)32-19-9-4-3-5-10-19;/h3-6,8-11,14-16H,7,12-13H2,1-2H3;1H. The van der Waals surface area contributed by atoms with E-state index in [9.17, 15) is 13.6 Å². The summed E-state index contributed by atoms with van der Waals surface area (Å²) in [5.41, 5.74) is 0.474. The Morgan fingerprint density at radius 1 is 0.971 bits per heavy atom. The van der Waals surface area contributed by atoms with Crippen LogP contribution in [0.2, 0.25) is 0 Å². The van der Waals surface area contributed by atoms with Crippen molar-refractivity contribution in [1.82, 2.24) is 9.88 Å². The smallest absolute Gasteiger partial charge is 0.260 e. The zero-order chi connectivity index (χ0) is 23.4. The SMILES string of the molecule is CN(C)CCCN(C(=O)c1cccc(Oc2ccccc2)c1)c1nc2c(F)cc(F)cc2s1.Cl. The molecular weight excluding hydrogens is 480 g/mol. The van der Waals surface area contributed by atoms with Crippen molar-refractivity contribution in [3.8, 4) is 11.5 Å². The lowest BCUT2D eigenvalue weighted by atomic mass is 10.2. The molecule has 178 valence electrons. The fourth-order valence-electron chi connectivity index (χ4n) is 3.36. The van der Waals surface area contributed by atoms with Crippen LogP contribution in [0.5, 0.6) is 11.5 Å². The number of hydrogen-bond acceptors (Lipinski definition) is 5. The van der Waals surface area contributed by atoms with Crippen LogP contribution in [-0.2, 0) is 0 Å². The van der Waals surface area contributed by atoms with E-state index in [0.717, 1.165) is 23.9 Å². The van der Waals surface area contributed by atoms with Gasteiger partial charge in [0.25, 0.3) is 5.91 Å². The fraction of sp³-hybridized carbons (Fsp3) is 0.200. The average Bonchev–Trinajstić information content (AvgIpc) is 3.21. The number of thiazole rings is 1. The van der Waals surface area contributed by atoms with Crippen LogP contribution < -0.4 is 9.64 Å². The summed E-state index contributed by atoms with van der Waals surface area (Å²) in [4.78, 5) is 21.4. The molecule has 4 rings (SSSR count). The molecule has 1 amide bonds. The highest BCUT2D eigenvalue weighted by atomic mass is 35.5. The molecule has 0 aliphatic carbocycles. The molecule has 4 aromatic rings. The van der Waals surface area contributed by atoms with Crippen molar-refractivity contribution in [3.05, 3.63) is 83.9 Å². The van der Waals surface area contributed by atoms with Gasteiger partial charge < -0.3 is 9.64 Å². The molecule has 0 saturated heterocycles. The predicted octanol–water partition coefficient (Wildman–Crippen LogP) is 6.39. The van der Waals surface area contributed by atoms with Gasteiger partial charge in [0.05, 0.1) is 4.70 Å². The molecule has 0 N–H and O–H groups in total. The first kappa shape index (κ1) is 25.6. The van der Waals surface area contributed by atoms with Gasteiger partial charge in [-0.15, -0.1) is 12.4 Å². The second kappa shape index (κ2) is 11.4. The normalized spacial score (nSPS) is 10.9. The van der Waals surface area contributed by atoms with Crippen molar-refractivity contribution in [2.45, 2.75) is 6.42 Å². The summed E-state index contributed by atoms with van der Waals surface area (Å²) >= 11 is 1.09. The molecule has 0 radical (unpaired) electrons. The Kier molecular flexibility index (Phi) is 8.55. The van der Waals surface area contributed by atoms with E-state index in [1.54, 1.807) is 24.3 Å². The maximum Gasteiger partial charge on any atom is 0.260 e. The van der Waals surface area contributed by atoms with E-state index < -0.39 is 11.6 Å². The van der Waals surface area contributed by atoms with E-state index in [1.165, 1.54) is 11.0 Å². The molecule has 5 nitrogen and oxygen atoms in total. The Hall–Kier alpha value is -3.07. The van der Waals surface area contributed by atoms with Crippen LogP contribution in [0.4, 0.5) is 13.9 Å². The Morgan fingerprint density at radius 2 is 1.71 bits per heavy atom. The number of anilines is 1. The van der Waals surface area contributed by atoms with Gasteiger partial charge >= 0.3 is 0 Å². The first-order valence-electron chi connectivity index (χ1n) is 10.5. The second-order valence-corrected chi connectivity index (χ2v) is 8.80. The van der Waals surface area contributed by atoms with Gasteiger partial charge in [-0.1, -0.05) is 35.6 Å². The first-order chi connectivity index (χ1) is 15.9. The highest BCUT2D eigenvalue weighted by molar-refractivity contribution is 7.22. The molecule has 0 atom stereocenters. The molecule has 0 bridgehead atoms. The summed E-state index contributed by atoms with van der Waals surface area (Å²) in [7, 11) is 3.90. The van der Waals surface area contributed by atoms with E-state index in [2.05, 4.69) is 4.98 Å². The van der Waals surface area contributed by atoms with E-state index in [4.69, 9.17) is 4.74 Å².